The van der Waals surface area contributed by atoms with Gasteiger partial charge in [0.05, 0.1) is 4.92 Å². The molecule has 0 saturated heterocycles. The lowest BCUT2D eigenvalue weighted by Gasteiger charge is -2.21. The zero-order valence-electron chi connectivity index (χ0n) is 11.9. The number of carboxylic acids is 1. The first kappa shape index (κ1) is 16.4. The summed E-state index contributed by atoms with van der Waals surface area (Å²) in [6.45, 7) is 3.41. The summed E-state index contributed by atoms with van der Waals surface area (Å²) >= 11 is 0. The topological polar surface area (TPSA) is 110 Å². The smallest absolute Gasteiger partial charge is 0.342 e. The van der Waals surface area contributed by atoms with Gasteiger partial charge < -0.3 is 14.7 Å². The highest BCUT2D eigenvalue weighted by atomic mass is 16.6. The number of carbonyl (C=O) groups excluding carboxylic acids is 1. The predicted molar refractivity (Wildman–Crippen MR) is 73.5 cm³/mol. The first-order valence-electron chi connectivity index (χ1n) is 6.14. The van der Waals surface area contributed by atoms with Crippen molar-refractivity contribution in [3.8, 4) is 5.75 Å². The molecule has 0 aliphatic rings. The number of ether oxygens (including phenoxy) is 1. The molecule has 8 nitrogen and oxygen atoms in total. The fraction of sp³-hybridized carbons (Fsp3) is 0.385. The molecule has 1 rings (SSSR count). The molecule has 0 aromatic heterocycles. The lowest BCUT2D eigenvalue weighted by Crippen LogP contribution is -2.36. The fourth-order valence-electron chi connectivity index (χ4n) is 1.47. The Kier molecular flexibility index (Phi) is 5.23. The molecule has 1 aromatic rings. The Hall–Kier alpha value is -2.64. The molecule has 0 aliphatic carbocycles. The first-order chi connectivity index (χ1) is 9.73. The normalized spacial score (nSPS) is 10.3. The van der Waals surface area contributed by atoms with Crippen molar-refractivity contribution in [2.45, 2.75) is 19.9 Å². The van der Waals surface area contributed by atoms with Crippen LogP contribution in [0.3, 0.4) is 0 Å². The van der Waals surface area contributed by atoms with E-state index < -0.39 is 22.1 Å². The van der Waals surface area contributed by atoms with E-state index in [0.29, 0.717) is 0 Å². The molecule has 1 N–H and O–H groups in total. The van der Waals surface area contributed by atoms with E-state index in [4.69, 9.17) is 9.84 Å². The predicted octanol–water partition coefficient (Wildman–Crippen LogP) is 1.54. The molecule has 0 fully saturated rings. The van der Waals surface area contributed by atoms with Gasteiger partial charge in [-0.3, -0.25) is 14.9 Å². The number of benzene rings is 1. The number of nitrogens with zero attached hydrogens (tertiary/aromatic N) is 2. The second-order valence-corrected chi connectivity index (χ2v) is 4.63. The lowest BCUT2D eigenvalue weighted by atomic mass is 10.1. The fourth-order valence-corrected chi connectivity index (χ4v) is 1.47. The summed E-state index contributed by atoms with van der Waals surface area (Å²) < 4.78 is 5.19. The van der Waals surface area contributed by atoms with E-state index in [1.165, 1.54) is 11.0 Å². The number of aromatic carboxylic acids is 1. The van der Waals surface area contributed by atoms with Gasteiger partial charge in [-0.1, -0.05) is 0 Å². The maximum Gasteiger partial charge on any atom is 0.342 e. The van der Waals surface area contributed by atoms with E-state index in [-0.39, 0.29) is 24.3 Å². The molecule has 0 bridgehead atoms. The van der Waals surface area contributed by atoms with Crippen LogP contribution >= 0.6 is 0 Å². The zero-order valence-corrected chi connectivity index (χ0v) is 11.9. The van der Waals surface area contributed by atoms with Crippen molar-refractivity contribution in [1.82, 2.24) is 4.90 Å². The van der Waals surface area contributed by atoms with Crippen LogP contribution in [-0.4, -0.2) is 46.5 Å². The highest BCUT2D eigenvalue weighted by Crippen LogP contribution is 2.24. The molecule has 0 radical (unpaired) electrons. The maximum atomic E-state index is 11.7. The van der Waals surface area contributed by atoms with Crippen LogP contribution in [0.5, 0.6) is 5.75 Å². The number of carbonyl (C=O) groups is 2. The van der Waals surface area contributed by atoms with Crippen molar-refractivity contribution in [2.24, 2.45) is 0 Å². The van der Waals surface area contributed by atoms with Gasteiger partial charge in [-0.2, -0.15) is 0 Å². The number of hydrogen-bond acceptors (Lipinski definition) is 5. The third-order valence-corrected chi connectivity index (χ3v) is 2.93. The van der Waals surface area contributed by atoms with E-state index >= 15 is 0 Å². The number of amides is 1. The molecule has 0 atom stereocenters. The van der Waals surface area contributed by atoms with Crippen molar-refractivity contribution in [3.05, 3.63) is 33.9 Å². The van der Waals surface area contributed by atoms with Gasteiger partial charge in [0.1, 0.15) is 11.3 Å². The largest absolute Gasteiger partial charge is 0.484 e. The average Bonchev–Trinajstić information content (AvgIpc) is 2.43. The minimum atomic E-state index is -1.43. The van der Waals surface area contributed by atoms with Gasteiger partial charge in [0.15, 0.2) is 6.61 Å². The molecule has 0 heterocycles. The van der Waals surface area contributed by atoms with Crippen LogP contribution in [0.4, 0.5) is 5.69 Å². The summed E-state index contributed by atoms with van der Waals surface area (Å²) in [7, 11) is 1.62. The molecular weight excluding hydrogens is 280 g/mol. The summed E-state index contributed by atoms with van der Waals surface area (Å²) in [6, 6.07) is 3.33. The number of rotatable bonds is 6. The molecule has 114 valence electrons. The molecule has 21 heavy (non-hydrogen) atoms. The zero-order chi connectivity index (χ0) is 16.2. The number of carboxylic acid groups (broad SMARTS) is 1. The minimum absolute atomic E-state index is 0.00698. The molecule has 8 heteroatoms. The van der Waals surface area contributed by atoms with Crippen LogP contribution in [0, 0.1) is 10.1 Å². The average molecular weight is 296 g/mol. The Bertz CT molecular complexity index is 570. The van der Waals surface area contributed by atoms with Crippen molar-refractivity contribution in [2.75, 3.05) is 13.7 Å². The summed E-state index contributed by atoms with van der Waals surface area (Å²) in [5.74, 6) is -1.62. The van der Waals surface area contributed by atoms with Gasteiger partial charge in [0.25, 0.3) is 11.6 Å². The molecule has 1 amide bonds. The van der Waals surface area contributed by atoms with Crippen molar-refractivity contribution in [1.29, 1.82) is 0 Å². The van der Waals surface area contributed by atoms with Gasteiger partial charge in [0.2, 0.25) is 0 Å². The summed E-state index contributed by atoms with van der Waals surface area (Å²) in [6.07, 6.45) is 0. The quantitative estimate of drug-likeness (QED) is 0.629. The number of nitro groups is 1. The van der Waals surface area contributed by atoms with E-state index in [1.54, 1.807) is 7.05 Å². The molecule has 0 aliphatic heterocycles. The van der Waals surface area contributed by atoms with Gasteiger partial charge in [-0.05, 0) is 19.9 Å². The summed E-state index contributed by atoms with van der Waals surface area (Å²) in [5.41, 5.74) is -1.01. The van der Waals surface area contributed by atoms with Crippen LogP contribution in [0.25, 0.3) is 0 Å². The molecule has 1 aromatic carbocycles. The van der Waals surface area contributed by atoms with E-state index in [0.717, 1.165) is 12.1 Å². The number of likely N-dealkylation sites (N-methyl/N-ethyl adjacent to an activating group) is 1. The van der Waals surface area contributed by atoms with Gasteiger partial charge in [0, 0.05) is 25.2 Å². The number of nitro benzene ring substituents is 1. The second kappa shape index (κ2) is 6.69. The van der Waals surface area contributed by atoms with E-state index in [1.807, 2.05) is 13.8 Å². The van der Waals surface area contributed by atoms with Crippen LogP contribution < -0.4 is 4.74 Å². The lowest BCUT2D eigenvalue weighted by molar-refractivity contribution is -0.385. The Morgan fingerprint density at radius 3 is 2.52 bits per heavy atom. The molecular formula is C13H16N2O6. The SMILES string of the molecule is CC(C)N(C)C(=O)COc1ccc([N+](=O)[O-])c(C(=O)O)c1. The van der Waals surface area contributed by atoms with Gasteiger partial charge in [-0.25, -0.2) is 4.79 Å². The van der Waals surface area contributed by atoms with Gasteiger partial charge in [-0.15, -0.1) is 0 Å². The first-order valence-corrected chi connectivity index (χ1v) is 6.14. The maximum absolute atomic E-state index is 11.7. The molecule has 0 unspecified atom stereocenters. The van der Waals surface area contributed by atoms with Crippen molar-refractivity contribution < 1.29 is 24.4 Å². The van der Waals surface area contributed by atoms with Gasteiger partial charge >= 0.3 is 5.97 Å². The standard InChI is InChI=1S/C13H16N2O6/c1-8(2)14(3)12(16)7-21-9-4-5-11(15(19)20)10(6-9)13(17)18/h4-6,8H,7H2,1-3H3,(H,17,18). The third-order valence-electron chi connectivity index (χ3n) is 2.93. The Morgan fingerprint density at radius 2 is 2.05 bits per heavy atom. The van der Waals surface area contributed by atoms with Crippen LogP contribution in [0.1, 0.15) is 24.2 Å². The Balaban J connectivity index is 2.86. The van der Waals surface area contributed by atoms with Crippen LogP contribution in [-0.2, 0) is 4.79 Å². The van der Waals surface area contributed by atoms with Crippen LogP contribution in [0.2, 0.25) is 0 Å². The molecule has 0 spiro atoms. The summed E-state index contributed by atoms with van der Waals surface area (Å²) in [4.78, 5) is 34.1. The highest BCUT2D eigenvalue weighted by Gasteiger charge is 2.21. The Labute approximate surface area is 121 Å². The Morgan fingerprint density at radius 1 is 1.43 bits per heavy atom. The second-order valence-electron chi connectivity index (χ2n) is 4.63. The highest BCUT2D eigenvalue weighted by molar-refractivity contribution is 5.92. The third kappa shape index (κ3) is 4.16. The minimum Gasteiger partial charge on any atom is -0.484 e. The van der Waals surface area contributed by atoms with E-state index in [2.05, 4.69) is 0 Å². The monoisotopic (exact) mass is 296 g/mol. The van der Waals surface area contributed by atoms with E-state index in [9.17, 15) is 19.7 Å². The van der Waals surface area contributed by atoms with Crippen molar-refractivity contribution >= 4 is 17.6 Å². The van der Waals surface area contributed by atoms with Crippen molar-refractivity contribution in [3.63, 3.8) is 0 Å². The van der Waals surface area contributed by atoms with Crippen LogP contribution in [0.15, 0.2) is 18.2 Å². The molecule has 0 saturated carbocycles. The summed E-state index contributed by atoms with van der Waals surface area (Å²) in [5, 5.41) is 19.7. The number of hydrogen-bond donors (Lipinski definition) is 1.